The van der Waals surface area contributed by atoms with Crippen LogP contribution >= 0.6 is 0 Å². The van der Waals surface area contributed by atoms with E-state index < -0.39 is 6.36 Å². The number of fused-ring (bicyclic) bond motifs is 1. The molecular weight excluding hydrogens is 517 g/mol. The van der Waals surface area contributed by atoms with Crippen LogP contribution in [0, 0.1) is 11.3 Å². The molecule has 4 N–H and O–H groups in total. The van der Waals surface area contributed by atoms with E-state index in [1.165, 1.54) is 6.07 Å². The second-order valence-corrected chi connectivity index (χ2v) is 8.61. The van der Waals surface area contributed by atoms with Gasteiger partial charge in [-0.05, 0) is 60.3 Å². The minimum absolute atomic E-state index is 0.321. The summed E-state index contributed by atoms with van der Waals surface area (Å²) in [7, 11) is 0. The number of nitrogens with one attached hydrogen (secondary N) is 3. The van der Waals surface area contributed by atoms with E-state index in [0.29, 0.717) is 61.0 Å². The molecule has 0 amide bonds. The van der Waals surface area contributed by atoms with Gasteiger partial charge in [0, 0.05) is 18.7 Å². The van der Waals surface area contributed by atoms with Gasteiger partial charge in [0.05, 0.1) is 36.5 Å². The molecule has 0 bridgehead atoms. The number of halogens is 3. The van der Waals surface area contributed by atoms with Gasteiger partial charge in [-0.15, -0.1) is 13.2 Å². The van der Waals surface area contributed by atoms with Crippen molar-refractivity contribution in [2.24, 2.45) is 0 Å². The van der Waals surface area contributed by atoms with E-state index >= 15 is 0 Å². The van der Waals surface area contributed by atoms with E-state index in [-0.39, 0.29) is 12.4 Å². The van der Waals surface area contributed by atoms with Gasteiger partial charge >= 0.3 is 6.36 Å². The Morgan fingerprint density at radius 3 is 2.59 bits per heavy atom. The van der Waals surface area contributed by atoms with Crippen LogP contribution in [-0.2, 0) is 17.9 Å². The summed E-state index contributed by atoms with van der Waals surface area (Å²) in [6.45, 7) is 1.82. The molecule has 0 atom stereocenters. The minimum Gasteiger partial charge on any atom is -0.490 e. The zero-order chi connectivity index (χ0) is 27.7. The fourth-order valence-corrected chi connectivity index (χ4v) is 4.00. The number of ether oxygens (including phenoxy) is 3. The molecule has 0 aliphatic rings. The first-order valence-corrected chi connectivity index (χ1v) is 12.2. The van der Waals surface area contributed by atoms with Crippen molar-refractivity contribution >= 4 is 10.9 Å². The molecule has 13 heteroatoms. The van der Waals surface area contributed by atoms with E-state index in [0.717, 1.165) is 35.4 Å². The highest BCUT2D eigenvalue weighted by molar-refractivity contribution is 5.90. The van der Waals surface area contributed by atoms with Gasteiger partial charge in [-0.25, -0.2) is 0 Å². The number of aromatic amines is 2. The third kappa shape index (κ3) is 7.93. The molecule has 0 unspecified atom stereocenters. The molecule has 0 aliphatic carbocycles. The fourth-order valence-electron chi connectivity index (χ4n) is 4.00. The van der Waals surface area contributed by atoms with E-state index in [9.17, 15) is 23.5 Å². The van der Waals surface area contributed by atoms with Crippen LogP contribution in [0.4, 0.5) is 13.2 Å². The highest BCUT2D eigenvalue weighted by atomic mass is 19.4. The van der Waals surface area contributed by atoms with Crippen LogP contribution in [0.15, 0.2) is 42.7 Å². The Labute approximate surface area is 221 Å². The molecule has 39 heavy (non-hydrogen) atoms. The Kier molecular flexibility index (Phi) is 9.37. The van der Waals surface area contributed by atoms with E-state index in [1.807, 2.05) is 12.1 Å². The number of nitrogens with zero attached hydrogens (tertiary/aromatic N) is 3. The molecule has 0 fully saturated rings. The maximum atomic E-state index is 12.5. The third-order valence-corrected chi connectivity index (χ3v) is 5.73. The molecule has 0 radical (unpaired) electrons. The molecule has 2 heterocycles. The minimum atomic E-state index is -4.79. The monoisotopic (exact) mass is 544 g/mol. The normalized spacial score (nSPS) is 11.6. The number of alkyl halides is 3. The number of aromatic nitrogens is 4. The highest BCUT2D eigenvalue weighted by Crippen LogP contribution is 2.32. The zero-order valence-electron chi connectivity index (χ0n) is 20.8. The number of nitriles is 1. The van der Waals surface area contributed by atoms with Gasteiger partial charge in [0.2, 0.25) is 0 Å². The number of hydrogen-bond donors (Lipinski definition) is 4. The van der Waals surface area contributed by atoms with Crippen molar-refractivity contribution < 1.29 is 32.5 Å². The topological polar surface area (TPSA) is 141 Å². The first kappa shape index (κ1) is 27.9. The lowest BCUT2D eigenvalue weighted by Gasteiger charge is -2.12. The SMILES string of the molecule is N#Cc1[nH]ncc1-c1cc(OCCOCCCCNCc2cc(CO)cc(OC(F)(F)F)c2)c2cn[nH]c2c1. The highest BCUT2D eigenvalue weighted by Gasteiger charge is 2.31. The Morgan fingerprint density at radius 1 is 0.974 bits per heavy atom. The van der Waals surface area contributed by atoms with Crippen LogP contribution in [0.1, 0.15) is 29.7 Å². The summed E-state index contributed by atoms with van der Waals surface area (Å²) < 4.78 is 53.1. The van der Waals surface area contributed by atoms with Crippen LogP contribution in [0.25, 0.3) is 22.0 Å². The van der Waals surface area contributed by atoms with Gasteiger partial charge in [0.15, 0.2) is 0 Å². The summed E-state index contributed by atoms with van der Waals surface area (Å²) in [4.78, 5) is 0. The number of unbranched alkanes of at least 4 members (excludes halogenated alkanes) is 1. The molecule has 4 rings (SSSR count). The number of hydrogen-bond acceptors (Lipinski definition) is 8. The van der Waals surface area contributed by atoms with Crippen molar-refractivity contribution in [3.05, 3.63) is 59.5 Å². The fraction of sp³-hybridized carbons (Fsp3) is 0.346. The van der Waals surface area contributed by atoms with Crippen molar-refractivity contribution in [2.45, 2.75) is 32.4 Å². The Hall–Kier alpha value is -4.12. The van der Waals surface area contributed by atoms with Crippen molar-refractivity contribution in [1.29, 1.82) is 5.26 Å². The average Bonchev–Trinajstić information content (AvgIpc) is 3.58. The first-order valence-electron chi connectivity index (χ1n) is 12.2. The van der Waals surface area contributed by atoms with Gasteiger partial charge < -0.3 is 24.6 Å². The Bertz CT molecular complexity index is 1410. The quantitative estimate of drug-likeness (QED) is 0.173. The van der Waals surface area contributed by atoms with Crippen LogP contribution in [0.3, 0.4) is 0 Å². The van der Waals surface area contributed by atoms with E-state index in [4.69, 9.17) is 9.47 Å². The number of rotatable bonds is 14. The molecule has 0 spiro atoms. The molecule has 0 saturated heterocycles. The summed E-state index contributed by atoms with van der Waals surface area (Å²) >= 11 is 0. The van der Waals surface area contributed by atoms with Crippen molar-refractivity contribution in [3.8, 4) is 28.7 Å². The molecule has 4 aromatic rings. The molecule has 10 nitrogen and oxygen atoms in total. The molecular formula is C26H27F3N6O4. The maximum Gasteiger partial charge on any atom is 0.573 e. The lowest BCUT2D eigenvalue weighted by atomic mass is 10.0. The summed E-state index contributed by atoms with van der Waals surface area (Å²) in [5.74, 6) is 0.262. The maximum absolute atomic E-state index is 12.5. The van der Waals surface area contributed by atoms with Gasteiger partial charge in [-0.2, -0.15) is 15.5 Å². The molecule has 2 aromatic heterocycles. The first-order chi connectivity index (χ1) is 18.9. The van der Waals surface area contributed by atoms with Crippen molar-refractivity contribution in [1.82, 2.24) is 25.7 Å². The van der Waals surface area contributed by atoms with Crippen LogP contribution < -0.4 is 14.8 Å². The second kappa shape index (κ2) is 13.1. The van der Waals surface area contributed by atoms with Crippen LogP contribution in [-0.4, -0.2) is 58.2 Å². The molecule has 0 aliphatic heterocycles. The Morgan fingerprint density at radius 2 is 1.79 bits per heavy atom. The predicted octanol–water partition coefficient (Wildman–Crippen LogP) is 4.18. The summed E-state index contributed by atoms with van der Waals surface area (Å²) in [6, 6.07) is 9.89. The second-order valence-electron chi connectivity index (χ2n) is 8.61. The molecule has 0 saturated carbocycles. The van der Waals surface area contributed by atoms with E-state index in [1.54, 1.807) is 18.5 Å². The lowest BCUT2D eigenvalue weighted by molar-refractivity contribution is -0.274. The zero-order valence-corrected chi connectivity index (χ0v) is 20.8. The number of benzene rings is 2. The number of aliphatic hydroxyl groups excluding tert-OH is 1. The lowest BCUT2D eigenvalue weighted by Crippen LogP contribution is -2.18. The Balaban J connectivity index is 1.16. The van der Waals surface area contributed by atoms with Gasteiger partial charge in [-0.1, -0.05) is 6.07 Å². The molecule has 2 aromatic carbocycles. The predicted molar refractivity (Wildman–Crippen MR) is 135 cm³/mol. The average molecular weight is 545 g/mol. The van der Waals surface area contributed by atoms with Crippen molar-refractivity contribution in [2.75, 3.05) is 26.4 Å². The number of H-pyrrole nitrogens is 2. The largest absolute Gasteiger partial charge is 0.573 e. The van der Waals surface area contributed by atoms with Crippen molar-refractivity contribution in [3.63, 3.8) is 0 Å². The van der Waals surface area contributed by atoms with Crippen LogP contribution in [0.5, 0.6) is 11.5 Å². The molecule has 206 valence electrons. The summed E-state index contributed by atoms with van der Waals surface area (Å²) in [5.41, 5.74) is 3.50. The standard InChI is InChI=1S/C26H27F3N6O4/c27-26(28,29)39-20-8-17(7-18(9-20)16-36)13-31-3-1-2-4-37-5-6-38-25-11-19(10-23-22(25)15-33-34-23)21-14-32-35-24(21)12-30/h7-11,14-15,31,36H,1-6,13,16H2,(H,32,35)(H,33,34). The van der Waals surface area contributed by atoms with Gasteiger partial charge in [0.1, 0.15) is 29.9 Å². The summed E-state index contributed by atoms with van der Waals surface area (Å²) in [6.07, 6.45) is 0.0551. The van der Waals surface area contributed by atoms with Gasteiger partial charge in [-0.3, -0.25) is 10.2 Å². The van der Waals surface area contributed by atoms with Gasteiger partial charge in [0.25, 0.3) is 0 Å². The van der Waals surface area contributed by atoms with E-state index in [2.05, 4.69) is 36.5 Å². The summed E-state index contributed by atoms with van der Waals surface area (Å²) in [5, 5.41) is 36.1. The smallest absolute Gasteiger partial charge is 0.490 e. The third-order valence-electron chi connectivity index (χ3n) is 5.73. The van der Waals surface area contributed by atoms with Crippen LogP contribution in [0.2, 0.25) is 0 Å². The number of aliphatic hydroxyl groups is 1.